The van der Waals surface area contributed by atoms with Gasteiger partial charge in [0.2, 0.25) is 5.88 Å². The van der Waals surface area contributed by atoms with E-state index in [1.54, 1.807) is 13.3 Å². The van der Waals surface area contributed by atoms with Crippen LogP contribution in [0.25, 0.3) is 0 Å². The topological polar surface area (TPSA) is 52.0 Å². The Hall–Kier alpha value is -1.88. The van der Waals surface area contributed by atoms with Gasteiger partial charge in [0.1, 0.15) is 0 Å². The summed E-state index contributed by atoms with van der Waals surface area (Å²) >= 11 is 0. The van der Waals surface area contributed by atoms with Crippen LogP contribution in [0.3, 0.4) is 0 Å². The molecule has 0 saturated heterocycles. The van der Waals surface area contributed by atoms with Crippen LogP contribution in [-0.2, 0) is 26.1 Å². The van der Waals surface area contributed by atoms with Gasteiger partial charge in [0, 0.05) is 31.9 Å². The van der Waals surface area contributed by atoms with Gasteiger partial charge in [-0.3, -0.25) is 4.68 Å². The lowest BCUT2D eigenvalue weighted by atomic mass is 10.2. The molecule has 0 fully saturated rings. The molecule has 2 aromatic rings. The van der Waals surface area contributed by atoms with Crippen molar-refractivity contribution in [2.75, 3.05) is 7.11 Å². The molecule has 0 saturated carbocycles. The van der Waals surface area contributed by atoms with Crippen LogP contribution in [0.2, 0.25) is 0 Å². The van der Waals surface area contributed by atoms with Crippen LogP contribution in [0.4, 0.5) is 0 Å². The number of methoxy groups -OCH3 is 1. The Morgan fingerprint density at radius 2 is 2.10 bits per heavy atom. The molecule has 0 bridgehead atoms. The van der Waals surface area contributed by atoms with Crippen molar-refractivity contribution in [2.24, 2.45) is 0 Å². The minimum absolute atomic E-state index is 0.649. The van der Waals surface area contributed by atoms with Gasteiger partial charge < -0.3 is 10.1 Å². The molecule has 2 rings (SSSR count). The summed E-state index contributed by atoms with van der Waals surface area (Å²) in [5.41, 5.74) is 3.54. The summed E-state index contributed by atoms with van der Waals surface area (Å²) in [6.07, 6.45) is 2.74. The molecule has 5 nitrogen and oxygen atoms in total. The zero-order valence-corrected chi connectivity index (χ0v) is 12.4. The summed E-state index contributed by atoms with van der Waals surface area (Å²) in [5, 5.41) is 7.98. The number of aromatic nitrogens is 3. The molecule has 5 heteroatoms. The van der Waals surface area contributed by atoms with Crippen molar-refractivity contribution >= 4 is 0 Å². The molecule has 1 N–H and O–H groups in total. The molecule has 0 aliphatic heterocycles. The summed E-state index contributed by atoms with van der Waals surface area (Å²) < 4.78 is 7.18. The molecule has 2 aromatic heterocycles. The second-order valence-electron chi connectivity index (χ2n) is 4.61. The van der Waals surface area contributed by atoms with Gasteiger partial charge >= 0.3 is 0 Å². The summed E-state index contributed by atoms with van der Waals surface area (Å²) in [6, 6.07) is 6.11. The molecule has 0 atom stereocenters. The number of ether oxygens (including phenoxy) is 1. The minimum Gasteiger partial charge on any atom is -0.481 e. The van der Waals surface area contributed by atoms with E-state index < -0.39 is 0 Å². The number of pyridine rings is 1. The van der Waals surface area contributed by atoms with Crippen LogP contribution < -0.4 is 10.1 Å². The fourth-order valence-corrected chi connectivity index (χ4v) is 2.11. The molecule has 20 heavy (non-hydrogen) atoms. The highest BCUT2D eigenvalue weighted by Crippen LogP contribution is 2.09. The van der Waals surface area contributed by atoms with Gasteiger partial charge in [-0.15, -0.1) is 0 Å². The number of nitrogens with one attached hydrogen (secondary N) is 1. The minimum atomic E-state index is 0.649. The highest BCUT2D eigenvalue weighted by atomic mass is 16.5. The number of aryl methyl sites for hydroxylation is 2. The maximum absolute atomic E-state index is 5.12. The van der Waals surface area contributed by atoms with Crippen LogP contribution >= 0.6 is 0 Å². The Morgan fingerprint density at radius 3 is 2.80 bits per heavy atom. The third-order valence-electron chi connectivity index (χ3n) is 3.22. The highest BCUT2D eigenvalue weighted by Gasteiger charge is 2.05. The first-order valence-corrected chi connectivity index (χ1v) is 7.02. The normalized spacial score (nSPS) is 10.8. The molecule has 0 unspecified atom stereocenters. The first-order valence-electron chi connectivity index (χ1n) is 7.02. The first kappa shape index (κ1) is 14.5. The molecule has 0 spiro atoms. The fourth-order valence-electron chi connectivity index (χ4n) is 2.11. The Morgan fingerprint density at radius 1 is 1.25 bits per heavy atom. The van der Waals surface area contributed by atoms with E-state index in [0.29, 0.717) is 5.88 Å². The van der Waals surface area contributed by atoms with E-state index in [0.717, 1.165) is 37.3 Å². The molecule has 0 radical (unpaired) electrons. The third kappa shape index (κ3) is 3.57. The third-order valence-corrected chi connectivity index (χ3v) is 3.22. The number of hydrogen-bond donors (Lipinski definition) is 1. The molecule has 0 aliphatic carbocycles. The lowest BCUT2D eigenvalue weighted by Gasteiger charge is -2.07. The number of nitrogens with zero attached hydrogens (tertiary/aromatic N) is 3. The summed E-state index contributed by atoms with van der Waals surface area (Å²) in [4.78, 5) is 4.10. The zero-order valence-electron chi connectivity index (χ0n) is 12.4. The van der Waals surface area contributed by atoms with E-state index in [9.17, 15) is 0 Å². The molecule has 0 aliphatic rings. The van der Waals surface area contributed by atoms with Crippen molar-refractivity contribution in [3.63, 3.8) is 0 Å². The standard InChI is InChI=1S/C15H22N4O/c1-4-13-9-14(19(5-2)18-13)11-16-10-12-6-7-17-15(8-12)20-3/h6-9,16H,4-5,10-11H2,1-3H3. The SMILES string of the molecule is CCc1cc(CNCc2ccnc(OC)c2)n(CC)n1. The summed E-state index contributed by atoms with van der Waals surface area (Å²) in [5.74, 6) is 0.649. The molecule has 0 amide bonds. The maximum Gasteiger partial charge on any atom is 0.213 e. The van der Waals surface area contributed by atoms with Crippen molar-refractivity contribution in [3.8, 4) is 5.88 Å². The van der Waals surface area contributed by atoms with E-state index in [2.05, 4.69) is 40.0 Å². The summed E-state index contributed by atoms with van der Waals surface area (Å²) in [6.45, 7) is 6.74. The van der Waals surface area contributed by atoms with E-state index >= 15 is 0 Å². The van der Waals surface area contributed by atoms with Gasteiger partial charge in [-0.1, -0.05) is 6.92 Å². The Balaban J connectivity index is 1.93. The van der Waals surface area contributed by atoms with Gasteiger partial charge in [0.15, 0.2) is 0 Å². The van der Waals surface area contributed by atoms with E-state index in [1.165, 1.54) is 5.69 Å². The largest absolute Gasteiger partial charge is 0.481 e. The average Bonchev–Trinajstić information content (AvgIpc) is 2.90. The van der Waals surface area contributed by atoms with Crippen LogP contribution in [0.5, 0.6) is 5.88 Å². The monoisotopic (exact) mass is 274 g/mol. The highest BCUT2D eigenvalue weighted by molar-refractivity contribution is 5.20. The van der Waals surface area contributed by atoms with Crippen LogP contribution in [0.15, 0.2) is 24.4 Å². The Labute approximate surface area is 120 Å². The van der Waals surface area contributed by atoms with Crippen molar-refractivity contribution in [3.05, 3.63) is 41.3 Å². The quantitative estimate of drug-likeness (QED) is 0.840. The van der Waals surface area contributed by atoms with Crippen LogP contribution in [0.1, 0.15) is 30.8 Å². The second-order valence-corrected chi connectivity index (χ2v) is 4.61. The van der Waals surface area contributed by atoms with Gasteiger partial charge in [0.05, 0.1) is 18.5 Å². The summed E-state index contributed by atoms with van der Waals surface area (Å²) in [7, 11) is 1.63. The first-order chi connectivity index (χ1) is 9.76. The number of hydrogen-bond acceptors (Lipinski definition) is 4. The van der Waals surface area contributed by atoms with Gasteiger partial charge in [0.25, 0.3) is 0 Å². The van der Waals surface area contributed by atoms with E-state index in [4.69, 9.17) is 4.74 Å². The van der Waals surface area contributed by atoms with Gasteiger partial charge in [-0.25, -0.2) is 4.98 Å². The smallest absolute Gasteiger partial charge is 0.213 e. The van der Waals surface area contributed by atoms with Crippen molar-refractivity contribution in [2.45, 2.75) is 39.9 Å². The predicted octanol–water partition coefficient (Wildman–Crippen LogP) is 2.16. The van der Waals surface area contributed by atoms with Crippen LogP contribution in [-0.4, -0.2) is 21.9 Å². The zero-order chi connectivity index (χ0) is 14.4. The Kier molecular flexibility index (Phi) is 5.12. The fraction of sp³-hybridized carbons (Fsp3) is 0.467. The average molecular weight is 274 g/mol. The van der Waals surface area contributed by atoms with Gasteiger partial charge in [-0.2, -0.15) is 5.10 Å². The predicted molar refractivity (Wildman–Crippen MR) is 78.6 cm³/mol. The molecule has 2 heterocycles. The van der Waals surface area contributed by atoms with Gasteiger partial charge in [-0.05, 0) is 31.0 Å². The van der Waals surface area contributed by atoms with Crippen molar-refractivity contribution in [1.29, 1.82) is 0 Å². The molecule has 108 valence electrons. The lowest BCUT2D eigenvalue weighted by molar-refractivity contribution is 0.397. The van der Waals surface area contributed by atoms with Crippen molar-refractivity contribution < 1.29 is 4.74 Å². The van der Waals surface area contributed by atoms with Crippen molar-refractivity contribution in [1.82, 2.24) is 20.1 Å². The van der Waals surface area contributed by atoms with E-state index in [1.807, 2.05) is 12.1 Å². The van der Waals surface area contributed by atoms with E-state index in [-0.39, 0.29) is 0 Å². The lowest BCUT2D eigenvalue weighted by Crippen LogP contribution is -2.16. The molecular weight excluding hydrogens is 252 g/mol. The van der Waals surface area contributed by atoms with Crippen LogP contribution in [0, 0.1) is 0 Å². The molecule has 0 aromatic carbocycles. The maximum atomic E-state index is 5.12. The second kappa shape index (κ2) is 7.05. The Bertz CT molecular complexity index is 551. The molecular formula is C15H22N4O. The number of rotatable bonds is 7.